The second-order valence-electron chi connectivity index (χ2n) is 8.03. The zero-order valence-electron chi connectivity index (χ0n) is 16.2. The fraction of sp³-hybridized carbons (Fsp3) is 0.478. The standard InChI is InChI=1S/C23H27NO3/c1-15-9-18(13-24(2)23(15)26)17-10-16-7-8-20(25)12-22(16)19(11-17)14-27-21-5-3-4-6-21/h9-11,13,21H,3-8,12,14H2,1-2H3. The molecule has 0 amide bonds. The third-order valence-corrected chi connectivity index (χ3v) is 5.95. The molecule has 0 bridgehead atoms. The number of aryl methyl sites for hydroxylation is 3. The number of benzene rings is 1. The van der Waals surface area contributed by atoms with Gasteiger partial charge in [0.1, 0.15) is 5.78 Å². The maximum absolute atomic E-state index is 12.0. The van der Waals surface area contributed by atoms with Crippen LogP contribution in [-0.2, 0) is 36.0 Å². The molecule has 2 aliphatic rings. The quantitative estimate of drug-likeness (QED) is 0.826. The van der Waals surface area contributed by atoms with Crippen LogP contribution in [0.2, 0.25) is 0 Å². The maximum Gasteiger partial charge on any atom is 0.253 e. The van der Waals surface area contributed by atoms with Gasteiger partial charge in [-0.05, 0) is 66.1 Å². The van der Waals surface area contributed by atoms with E-state index in [9.17, 15) is 9.59 Å². The monoisotopic (exact) mass is 365 g/mol. The summed E-state index contributed by atoms with van der Waals surface area (Å²) in [6, 6.07) is 6.31. The third-order valence-electron chi connectivity index (χ3n) is 5.95. The van der Waals surface area contributed by atoms with Gasteiger partial charge < -0.3 is 9.30 Å². The van der Waals surface area contributed by atoms with E-state index in [1.54, 1.807) is 11.6 Å². The average Bonchev–Trinajstić information content (AvgIpc) is 3.17. The lowest BCUT2D eigenvalue weighted by Gasteiger charge is -2.22. The molecule has 1 aromatic carbocycles. The first-order valence-corrected chi connectivity index (χ1v) is 9.97. The Hall–Kier alpha value is -2.20. The van der Waals surface area contributed by atoms with Crippen molar-refractivity contribution < 1.29 is 9.53 Å². The van der Waals surface area contributed by atoms with Crippen molar-refractivity contribution in [3.8, 4) is 11.1 Å². The van der Waals surface area contributed by atoms with E-state index in [0.717, 1.165) is 47.1 Å². The van der Waals surface area contributed by atoms with E-state index in [4.69, 9.17) is 4.74 Å². The largest absolute Gasteiger partial charge is 0.374 e. The Labute approximate surface area is 160 Å². The summed E-state index contributed by atoms with van der Waals surface area (Å²) in [6.07, 6.45) is 8.95. The summed E-state index contributed by atoms with van der Waals surface area (Å²) in [5.41, 5.74) is 6.47. The fourth-order valence-corrected chi connectivity index (χ4v) is 4.40. The predicted molar refractivity (Wildman–Crippen MR) is 106 cm³/mol. The average molecular weight is 365 g/mol. The van der Waals surface area contributed by atoms with Gasteiger partial charge in [0, 0.05) is 31.6 Å². The van der Waals surface area contributed by atoms with Gasteiger partial charge in [-0.1, -0.05) is 18.9 Å². The van der Waals surface area contributed by atoms with Crippen molar-refractivity contribution in [1.29, 1.82) is 0 Å². The molecule has 0 saturated heterocycles. The van der Waals surface area contributed by atoms with Crippen LogP contribution < -0.4 is 5.56 Å². The molecule has 4 nitrogen and oxygen atoms in total. The highest BCUT2D eigenvalue weighted by atomic mass is 16.5. The third kappa shape index (κ3) is 3.77. The van der Waals surface area contributed by atoms with E-state index in [1.807, 2.05) is 19.2 Å². The first-order valence-electron chi connectivity index (χ1n) is 9.97. The number of ketones is 1. The molecule has 1 fully saturated rings. The van der Waals surface area contributed by atoms with Crippen LogP contribution in [0.1, 0.15) is 54.4 Å². The number of pyridine rings is 1. The molecule has 0 atom stereocenters. The molecule has 2 aromatic rings. The van der Waals surface area contributed by atoms with Crippen molar-refractivity contribution >= 4 is 5.78 Å². The van der Waals surface area contributed by atoms with Crippen LogP contribution in [0.3, 0.4) is 0 Å². The van der Waals surface area contributed by atoms with Crippen LogP contribution in [0.15, 0.2) is 29.2 Å². The van der Waals surface area contributed by atoms with E-state index >= 15 is 0 Å². The molecule has 1 saturated carbocycles. The van der Waals surface area contributed by atoms with Crippen LogP contribution in [0.5, 0.6) is 0 Å². The van der Waals surface area contributed by atoms with Gasteiger partial charge in [-0.3, -0.25) is 9.59 Å². The summed E-state index contributed by atoms with van der Waals surface area (Å²) in [5.74, 6) is 0.315. The molecule has 4 rings (SSSR count). The van der Waals surface area contributed by atoms with E-state index in [-0.39, 0.29) is 5.56 Å². The minimum Gasteiger partial charge on any atom is -0.374 e. The molecule has 0 radical (unpaired) electrons. The molecule has 4 heteroatoms. The summed E-state index contributed by atoms with van der Waals surface area (Å²) in [7, 11) is 1.79. The summed E-state index contributed by atoms with van der Waals surface area (Å²) in [5, 5.41) is 0. The second kappa shape index (κ2) is 7.43. The minimum atomic E-state index is 0.0343. The first-order chi connectivity index (χ1) is 13.0. The number of hydrogen-bond donors (Lipinski definition) is 0. The van der Waals surface area contributed by atoms with E-state index in [2.05, 4.69) is 12.1 Å². The normalized spacial score (nSPS) is 17.3. The Bertz CT molecular complexity index is 909. The summed E-state index contributed by atoms with van der Waals surface area (Å²) < 4.78 is 7.82. The van der Waals surface area contributed by atoms with E-state index in [1.165, 1.54) is 18.4 Å². The number of nitrogens with zero attached hydrogens (tertiary/aromatic N) is 1. The van der Waals surface area contributed by atoms with Crippen molar-refractivity contribution in [3.05, 3.63) is 57.0 Å². The number of fused-ring (bicyclic) bond motifs is 1. The molecule has 0 aliphatic heterocycles. The highest BCUT2D eigenvalue weighted by molar-refractivity contribution is 5.84. The Morgan fingerprint density at radius 3 is 2.59 bits per heavy atom. The fourth-order valence-electron chi connectivity index (χ4n) is 4.40. The van der Waals surface area contributed by atoms with Crippen molar-refractivity contribution in [2.75, 3.05) is 0 Å². The van der Waals surface area contributed by atoms with Gasteiger partial charge in [-0.2, -0.15) is 0 Å². The SMILES string of the molecule is Cc1cc(-c2cc3c(c(COC4CCCC4)c2)CC(=O)CC3)cn(C)c1=O. The van der Waals surface area contributed by atoms with Crippen molar-refractivity contribution in [1.82, 2.24) is 4.57 Å². The number of Topliss-reactive ketones (excluding diaryl/α,β-unsaturated/α-hetero) is 1. The van der Waals surface area contributed by atoms with Crippen molar-refractivity contribution in [3.63, 3.8) is 0 Å². The predicted octanol–water partition coefficient (Wildman–Crippen LogP) is 3.88. The summed E-state index contributed by atoms with van der Waals surface area (Å²) >= 11 is 0. The van der Waals surface area contributed by atoms with Gasteiger partial charge in [-0.25, -0.2) is 0 Å². The highest BCUT2D eigenvalue weighted by Gasteiger charge is 2.22. The lowest BCUT2D eigenvalue weighted by atomic mass is 9.85. The van der Waals surface area contributed by atoms with Gasteiger partial charge in [-0.15, -0.1) is 0 Å². The summed E-state index contributed by atoms with van der Waals surface area (Å²) in [6.45, 7) is 2.42. The number of hydrogen-bond acceptors (Lipinski definition) is 3. The molecular formula is C23H27NO3. The molecule has 2 aliphatic carbocycles. The zero-order valence-corrected chi connectivity index (χ0v) is 16.2. The molecular weight excluding hydrogens is 338 g/mol. The topological polar surface area (TPSA) is 48.3 Å². The van der Waals surface area contributed by atoms with Crippen LogP contribution in [0.25, 0.3) is 11.1 Å². The molecule has 0 spiro atoms. The smallest absolute Gasteiger partial charge is 0.253 e. The highest BCUT2D eigenvalue weighted by Crippen LogP contribution is 2.31. The molecule has 142 valence electrons. The lowest BCUT2D eigenvalue weighted by Crippen LogP contribution is -2.19. The molecule has 0 unspecified atom stereocenters. The van der Waals surface area contributed by atoms with Gasteiger partial charge in [0.2, 0.25) is 0 Å². The van der Waals surface area contributed by atoms with Crippen LogP contribution in [0, 0.1) is 6.92 Å². The molecule has 27 heavy (non-hydrogen) atoms. The van der Waals surface area contributed by atoms with E-state index < -0.39 is 0 Å². The maximum atomic E-state index is 12.0. The number of aromatic nitrogens is 1. The number of ether oxygens (including phenoxy) is 1. The first kappa shape index (κ1) is 18.2. The number of carbonyl (C=O) groups is 1. The van der Waals surface area contributed by atoms with Crippen molar-refractivity contribution in [2.45, 2.75) is 64.6 Å². The number of rotatable bonds is 4. The Morgan fingerprint density at radius 2 is 1.85 bits per heavy atom. The molecule has 0 N–H and O–H groups in total. The second-order valence-corrected chi connectivity index (χ2v) is 8.03. The minimum absolute atomic E-state index is 0.0343. The van der Waals surface area contributed by atoms with Gasteiger partial charge >= 0.3 is 0 Å². The molecule has 1 aromatic heterocycles. The zero-order chi connectivity index (χ0) is 19.0. The van der Waals surface area contributed by atoms with Crippen LogP contribution in [0.4, 0.5) is 0 Å². The lowest BCUT2D eigenvalue weighted by molar-refractivity contribution is -0.118. The van der Waals surface area contributed by atoms with Crippen LogP contribution in [-0.4, -0.2) is 16.5 Å². The van der Waals surface area contributed by atoms with Gasteiger partial charge in [0.25, 0.3) is 5.56 Å². The van der Waals surface area contributed by atoms with Crippen LogP contribution >= 0.6 is 0 Å². The van der Waals surface area contributed by atoms with Crippen molar-refractivity contribution in [2.24, 2.45) is 7.05 Å². The Kier molecular flexibility index (Phi) is 5.00. The number of carbonyl (C=O) groups excluding carboxylic acids is 1. The Morgan fingerprint density at radius 1 is 1.07 bits per heavy atom. The van der Waals surface area contributed by atoms with E-state index in [0.29, 0.717) is 31.3 Å². The summed E-state index contributed by atoms with van der Waals surface area (Å²) in [4.78, 5) is 24.1. The van der Waals surface area contributed by atoms with Gasteiger partial charge in [0.15, 0.2) is 0 Å². The Balaban J connectivity index is 1.73. The molecule has 1 heterocycles. The van der Waals surface area contributed by atoms with Gasteiger partial charge in [0.05, 0.1) is 12.7 Å².